The highest BCUT2D eigenvalue weighted by Crippen LogP contribution is 2.40. The van der Waals surface area contributed by atoms with Crippen molar-refractivity contribution in [2.24, 2.45) is 0 Å². The van der Waals surface area contributed by atoms with Crippen molar-refractivity contribution >= 4 is 21.2 Å². The molecule has 1 aliphatic carbocycles. The molecule has 1 atom stereocenters. The van der Waals surface area contributed by atoms with Crippen LogP contribution in [-0.4, -0.2) is 37.8 Å². The summed E-state index contributed by atoms with van der Waals surface area (Å²) in [5.74, 6) is 0. The van der Waals surface area contributed by atoms with Crippen molar-refractivity contribution in [1.82, 2.24) is 0 Å². The molecule has 138 valence electrons. The number of nitrogens with zero attached hydrogens (tertiary/aromatic N) is 1. The zero-order chi connectivity index (χ0) is 18.1. The van der Waals surface area contributed by atoms with Crippen LogP contribution in [0.4, 0.5) is 11.4 Å². The minimum atomic E-state index is -3.68. The van der Waals surface area contributed by atoms with E-state index in [1.807, 2.05) is 0 Å². The SMILES string of the molecule is CS(=O)(=O)c1cccc(NC2CCOC3(CCCCC3)C2)c1[N+](=O)[O-]. The first-order valence-corrected chi connectivity index (χ1v) is 10.6. The monoisotopic (exact) mass is 368 g/mol. The lowest BCUT2D eigenvalue weighted by Gasteiger charge is -2.43. The van der Waals surface area contributed by atoms with Gasteiger partial charge in [0.25, 0.3) is 0 Å². The van der Waals surface area contributed by atoms with Crippen molar-refractivity contribution in [3.05, 3.63) is 28.3 Å². The molecule has 1 heterocycles. The van der Waals surface area contributed by atoms with Gasteiger partial charge in [-0.2, -0.15) is 0 Å². The second kappa shape index (κ2) is 6.92. The van der Waals surface area contributed by atoms with Gasteiger partial charge in [-0.1, -0.05) is 25.3 Å². The fraction of sp³-hybridized carbons (Fsp3) is 0.647. The van der Waals surface area contributed by atoms with E-state index in [0.29, 0.717) is 6.61 Å². The molecule has 0 radical (unpaired) electrons. The van der Waals surface area contributed by atoms with Crippen LogP contribution in [0.3, 0.4) is 0 Å². The number of benzene rings is 1. The van der Waals surface area contributed by atoms with Gasteiger partial charge in [0.2, 0.25) is 0 Å². The summed E-state index contributed by atoms with van der Waals surface area (Å²) in [7, 11) is -3.68. The molecule has 1 saturated carbocycles. The van der Waals surface area contributed by atoms with Crippen molar-refractivity contribution in [3.63, 3.8) is 0 Å². The number of hydrogen-bond acceptors (Lipinski definition) is 6. The quantitative estimate of drug-likeness (QED) is 0.647. The molecule has 25 heavy (non-hydrogen) atoms. The van der Waals surface area contributed by atoms with Crippen LogP contribution in [0, 0.1) is 10.1 Å². The summed E-state index contributed by atoms with van der Waals surface area (Å²) in [6, 6.07) is 4.45. The van der Waals surface area contributed by atoms with E-state index in [4.69, 9.17) is 4.74 Å². The zero-order valence-electron chi connectivity index (χ0n) is 14.4. The number of para-hydroxylation sites is 1. The van der Waals surface area contributed by atoms with Crippen LogP contribution in [0.5, 0.6) is 0 Å². The molecule has 2 aliphatic rings. The number of nitro groups is 1. The summed E-state index contributed by atoms with van der Waals surface area (Å²) in [5.41, 5.74) is -0.225. The summed E-state index contributed by atoms with van der Waals surface area (Å²) < 4.78 is 29.8. The molecule has 1 spiro atoms. The molecule has 1 saturated heterocycles. The number of rotatable bonds is 4. The Balaban J connectivity index is 1.86. The second-order valence-corrected chi connectivity index (χ2v) is 9.09. The van der Waals surface area contributed by atoms with Gasteiger partial charge in [0.15, 0.2) is 9.84 Å². The fourth-order valence-corrected chi connectivity index (χ4v) is 4.90. The van der Waals surface area contributed by atoms with Crippen molar-refractivity contribution < 1.29 is 18.1 Å². The van der Waals surface area contributed by atoms with E-state index in [1.165, 1.54) is 12.5 Å². The Hall–Kier alpha value is -1.67. The molecular formula is C17H24N2O5S. The number of hydrogen-bond donors (Lipinski definition) is 1. The maximum absolute atomic E-state index is 11.9. The largest absolute Gasteiger partial charge is 0.377 e. The molecule has 0 amide bonds. The van der Waals surface area contributed by atoms with Gasteiger partial charge in [-0.3, -0.25) is 10.1 Å². The molecule has 1 aromatic carbocycles. The van der Waals surface area contributed by atoms with Gasteiger partial charge >= 0.3 is 5.69 Å². The van der Waals surface area contributed by atoms with Crippen LogP contribution in [-0.2, 0) is 14.6 Å². The van der Waals surface area contributed by atoms with E-state index < -0.39 is 14.8 Å². The minimum absolute atomic E-state index is 0.0420. The van der Waals surface area contributed by atoms with E-state index in [1.54, 1.807) is 12.1 Å². The molecule has 1 aromatic rings. The third-order valence-corrected chi connectivity index (χ3v) is 6.33. The predicted octanol–water partition coefficient (Wildman–Crippen LogP) is 3.29. The van der Waals surface area contributed by atoms with Crippen molar-refractivity contribution in [3.8, 4) is 0 Å². The van der Waals surface area contributed by atoms with Gasteiger partial charge in [-0.25, -0.2) is 8.42 Å². The van der Waals surface area contributed by atoms with E-state index in [9.17, 15) is 18.5 Å². The van der Waals surface area contributed by atoms with Gasteiger partial charge in [0.1, 0.15) is 10.6 Å². The fourth-order valence-electron chi connectivity index (χ4n) is 4.04. The minimum Gasteiger partial charge on any atom is -0.377 e. The first kappa shape index (κ1) is 18.1. The Morgan fingerprint density at radius 1 is 1.28 bits per heavy atom. The molecule has 2 fully saturated rings. The van der Waals surface area contributed by atoms with Gasteiger partial charge in [-0.05, 0) is 37.8 Å². The number of nitro benzene ring substituents is 1. The van der Waals surface area contributed by atoms with Gasteiger partial charge in [0, 0.05) is 18.9 Å². The van der Waals surface area contributed by atoms with Crippen molar-refractivity contribution in [2.75, 3.05) is 18.2 Å². The predicted molar refractivity (Wildman–Crippen MR) is 94.6 cm³/mol. The average Bonchev–Trinajstić information content (AvgIpc) is 2.54. The lowest BCUT2D eigenvalue weighted by Crippen LogP contribution is -2.45. The molecule has 1 N–H and O–H groups in total. The Bertz CT molecular complexity index is 751. The van der Waals surface area contributed by atoms with Gasteiger partial charge in [-0.15, -0.1) is 0 Å². The summed E-state index contributed by atoms with van der Waals surface area (Å²) >= 11 is 0. The molecule has 3 rings (SSSR count). The smallest absolute Gasteiger partial charge is 0.310 e. The first-order chi connectivity index (χ1) is 11.8. The highest BCUT2D eigenvalue weighted by Gasteiger charge is 2.39. The third-order valence-electron chi connectivity index (χ3n) is 5.20. The van der Waals surface area contributed by atoms with Crippen LogP contribution >= 0.6 is 0 Å². The summed E-state index contributed by atoms with van der Waals surface area (Å²) in [5, 5.41) is 14.7. The first-order valence-electron chi connectivity index (χ1n) is 8.69. The maximum Gasteiger partial charge on any atom is 0.310 e. The van der Waals surface area contributed by atoms with E-state index in [0.717, 1.165) is 44.8 Å². The number of nitrogens with one attached hydrogen (secondary N) is 1. The third kappa shape index (κ3) is 3.95. The van der Waals surface area contributed by atoms with Crippen LogP contribution < -0.4 is 5.32 Å². The molecule has 1 aliphatic heterocycles. The topological polar surface area (TPSA) is 98.5 Å². The summed E-state index contributed by atoms with van der Waals surface area (Å²) in [6.45, 7) is 0.622. The Kier molecular flexibility index (Phi) is 5.02. The normalized spacial score (nSPS) is 23.3. The molecule has 1 unspecified atom stereocenters. The van der Waals surface area contributed by atoms with Crippen LogP contribution in [0.2, 0.25) is 0 Å². The highest BCUT2D eigenvalue weighted by molar-refractivity contribution is 7.90. The van der Waals surface area contributed by atoms with Crippen molar-refractivity contribution in [1.29, 1.82) is 0 Å². The van der Waals surface area contributed by atoms with E-state index in [-0.39, 0.29) is 27.9 Å². The van der Waals surface area contributed by atoms with Crippen LogP contribution in [0.25, 0.3) is 0 Å². The van der Waals surface area contributed by atoms with Crippen molar-refractivity contribution in [2.45, 2.75) is 61.5 Å². The van der Waals surface area contributed by atoms with Gasteiger partial charge in [0.05, 0.1) is 10.5 Å². The average molecular weight is 368 g/mol. The lowest BCUT2D eigenvalue weighted by molar-refractivity contribution is -0.386. The second-order valence-electron chi connectivity index (χ2n) is 7.11. The maximum atomic E-state index is 11.9. The number of ether oxygens (including phenoxy) is 1. The Morgan fingerprint density at radius 3 is 2.64 bits per heavy atom. The Labute approximate surface area is 147 Å². The van der Waals surface area contributed by atoms with Crippen LogP contribution in [0.1, 0.15) is 44.9 Å². The summed E-state index contributed by atoms with van der Waals surface area (Å²) in [4.78, 5) is 10.6. The van der Waals surface area contributed by atoms with Gasteiger partial charge < -0.3 is 10.1 Å². The highest BCUT2D eigenvalue weighted by atomic mass is 32.2. The molecular weight excluding hydrogens is 344 g/mol. The van der Waals surface area contributed by atoms with E-state index in [2.05, 4.69) is 5.32 Å². The molecule has 0 aromatic heterocycles. The van der Waals surface area contributed by atoms with Crippen LogP contribution in [0.15, 0.2) is 23.1 Å². The lowest BCUT2D eigenvalue weighted by atomic mass is 9.78. The molecule has 8 heteroatoms. The standard InChI is InChI=1S/C17H24N2O5S/c1-25(22,23)15-7-5-6-14(16(15)19(20)21)18-13-8-11-24-17(12-13)9-3-2-4-10-17/h5-7,13,18H,2-4,8-12H2,1H3. The zero-order valence-corrected chi connectivity index (χ0v) is 15.2. The molecule has 7 nitrogen and oxygen atoms in total. The number of anilines is 1. The number of sulfone groups is 1. The summed E-state index contributed by atoms with van der Waals surface area (Å²) in [6.07, 6.45) is 8.12. The van der Waals surface area contributed by atoms with E-state index >= 15 is 0 Å². The Morgan fingerprint density at radius 2 is 2.00 bits per heavy atom. The molecule has 0 bridgehead atoms.